The van der Waals surface area contributed by atoms with Gasteiger partial charge in [0.05, 0.1) is 22.2 Å². The van der Waals surface area contributed by atoms with E-state index in [-0.39, 0.29) is 11.4 Å². The quantitative estimate of drug-likeness (QED) is 0.627. The molecule has 0 aromatic carbocycles. The molecule has 0 unspecified atom stereocenters. The van der Waals surface area contributed by atoms with Crippen molar-refractivity contribution in [1.82, 2.24) is 34.8 Å². The van der Waals surface area contributed by atoms with Crippen molar-refractivity contribution in [1.29, 1.82) is 0 Å². The molecule has 3 aromatic rings. The van der Waals surface area contributed by atoms with Crippen LogP contribution in [-0.4, -0.2) is 42.0 Å². The maximum absolute atomic E-state index is 13.1. The Bertz CT molecular complexity index is 1140. The maximum Gasteiger partial charge on any atom is 0.252 e. The van der Waals surface area contributed by atoms with Gasteiger partial charge in [-0.2, -0.15) is 10.2 Å². The first-order chi connectivity index (χ1) is 13.7. The largest absolute Gasteiger partial charge is 0.352 e. The summed E-state index contributed by atoms with van der Waals surface area (Å²) in [5.74, 6) is 1.15. The number of rotatable bonds is 5. The van der Waals surface area contributed by atoms with Crippen LogP contribution >= 0.6 is 12.2 Å². The van der Waals surface area contributed by atoms with E-state index in [0.29, 0.717) is 29.2 Å². The summed E-state index contributed by atoms with van der Waals surface area (Å²) >= 11 is 5.14. The van der Waals surface area contributed by atoms with Gasteiger partial charge in [0.25, 0.3) is 5.91 Å². The third kappa shape index (κ3) is 3.71. The highest BCUT2D eigenvalue weighted by Crippen LogP contribution is 2.40. The van der Waals surface area contributed by atoms with Crippen molar-refractivity contribution in [2.75, 3.05) is 6.54 Å². The topological polar surface area (TPSA) is 93.4 Å². The number of H-pyrrole nitrogens is 1. The fourth-order valence-corrected chi connectivity index (χ4v) is 3.68. The number of fused-ring (bicyclic) bond motifs is 1. The molecular formula is C20H27N7OS. The average Bonchev–Trinajstić information content (AvgIpc) is 3.39. The minimum absolute atomic E-state index is 0.104. The van der Waals surface area contributed by atoms with Gasteiger partial charge >= 0.3 is 0 Å². The van der Waals surface area contributed by atoms with E-state index >= 15 is 0 Å². The Hall–Kier alpha value is -2.55. The van der Waals surface area contributed by atoms with Crippen LogP contribution in [0.4, 0.5) is 0 Å². The number of carbonyl (C=O) groups excluding carboxylic acids is 1. The van der Waals surface area contributed by atoms with Gasteiger partial charge in [-0.25, -0.2) is 9.67 Å². The summed E-state index contributed by atoms with van der Waals surface area (Å²) in [6.07, 6.45) is 2.85. The molecule has 1 amide bonds. The van der Waals surface area contributed by atoms with Gasteiger partial charge in [-0.15, -0.1) is 0 Å². The highest BCUT2D eigenvalue weighted by Gasteiger charge is 2.30. The Morgan fingerprint density at radius 2 is 2.10 bits per heavy atom. The number of amides is 1. The van der Waals surface area contributed by atoms with E-state index in [1.165, 1.54) is 0 Å². The zero-order valence-electron chi connectivity index (χ0n) is 17.5. The lowest BCUT2D eigenvalue weighted by atomic mass is 10.1. The maximum atomic E-state index is 13.1. The summed E-state index contributed by atoms with van der Waals surface area (Å²) in [6, 6.07) is 1.95. The Morgan fingerprint density at radius 3 is 2.69 bits per heavy atom. The number of carbonyl (C=O) groups is 1. The number of aromatic amines is 1. The van der Waals surface area contributed by atoms with Gasteiger partial charge in [-0.1, -0.05) is 0 Å². The van der Waals surface area contributed by atoms with Crippen LogP contribution < -0.4 is 5.32 Å². The van der Waals surface area contributed by atoms with E-state index in [1.807, 2.05) is 29.3 Å². The third-order valence-corrected chi connectivity index (χ3v) is 5.68. The van der Waals surface area contributed by atoms with Crippen molar-refractivity contribution in [2.45, 2.75) is 58.4 Å². The lowest BCUT2D eigenvalue weighted by Crippen LogP contribution is -2.27. The second-order valence-corrected chi connectivity index (χ2v) is 9.13. The molecule has 1 aliphatic carbocycles. The molecule has 8 nitrogen and oxygen atoms in total. The van der Waals surface area contributed by atoms with Crippen molar-refractivity contribution < 1.29 is 4.79 Å². The predicted molar refractivity (Wildman–Crippen MR) is 114 cm³/mol. The van der Waals surface area contributed by atoms with Crippen LogP contribution in [0.1, 0.15) is 67.1 Å². The van der Waals surface area contributed by atoms with Gasteiger partial charge in [-0.3, -0.25) is 9.89 Å². The molecule has 9 heteroatoms. The van der Waals surface area contributed by atoms with Gasteiger partial charge in [0.1, 0.15) is 5.82 Å². The Kier molecular flexibility index (Phi) is 4.80. The summed E-state index contributed by atoms with van der Waals surface area (Å²) in [7, 11) is 1.86. The van der Waals surface area contributed by atoms with Crippen LogP contribution in [0.2, 0.25) is 0 Å². The molecule has 3 heterocycles. The Balaban J connectivity index is 1.66. The number of aromatic nitrogens is 6. The Labute approximate surface area is 174 Å². The molecule has 0 bridgehead atoms. The first kappa shape index (κ1) is 19.8. The second-order valence-electron chi connectivity index (χ2n) is 8.75. The van der Waals surface area contributed by atoms with Crippen LogP contribution in [0.3, 0.4) is 0 Å². The highest BCUT2D eigenvalue weighted by atomic mass is 32.1. The van der Waals surface area contributed by atoms with Crippen LogP contribution in [0.15, 0.2) is 6.07 Å². The predicted octanol–water partition coefficient (Wildman–Crippen LogP) is 3.14. The lowest BCUT2D eigenvalue weighted by molar-refractivity contribution is 0.0955. The molecule has 154 valence electrons. The molecule has 1 fully saturated rings. The van der Waals surface area contributed by atoms with E-state index in [9.17, 15) is 4.79 Å². The zero-order valence-corrected chi connectivity index (χ0v) is 18.4. The fraction of sp³-hybridized carbons (Fsp3) is 0.550. The average molecular weight is 414 g/mol. The lowest BCUT2D eigenvalue weighted by Gasteiger charge is -2.20. The molecular weight excluding hydrogens is 386 g/mol. The summed E-state index contributed by atoms with van der Waals surface area (Å²) in [5, 5.41) is 15.5. The minimum Gasteiger partial charge on any atom is -0.352 e. The van der Waals surface area contributed by atoms with Crippen molar-refractivity contribution in [3.05, 3.63) is 33.6 Å². The molecule has 1 saturated carbocycles. The second kappa shape index (κ2) is 7.05. The van der Waals surface area contributed by atoms with Gasteiger partial charge in [0, 0.05) is 31.6 Å². The summed E-state index contributed by atoms with van der Waals surface area (Å²) in [4.78, 5) is 18.0. The smallest absolute Gasteiger partial charge is 0.252 e. The molecule has 3 aromatic heterocycles. The van der Waals surface area contributed by atoms with Crippen molar-refractivity contribution in [3.63, 3.8) is 0 Å². The first-order valence-electron chi connectivity index (χ1n) is 9.96. The van der Waals surface area contributed by atoms with Crippen molar-refractivity contribution in [3.8, 4) is 0 Å². The monoisotopic (exact) mass is 413 g/mol. The van der Waals surface area contributed by atoms with Crippen LogP contribution in [0, 0.1) is 11.7 Å². The van der Waals surface area contributed by atoms with Crippen LogP contribution in [0.5, 0.6) is 0 Å². The van der Waals surface area contributed by atoms with Crippen LogP contribution in [-0.2, 0) is 19.0 Å². The van der Waals surface area contributed by atoms with E-state index in [0.717, 1.165) is 41.1 Å². The summed E-state index contributed by atoms with van der Waals surface area (Å²) in [6.45, 7) is 8.71. The third-order valence-electron chi connectivity index (χ3n) is 5.31. The van der Waals surface area contributed by atoms with E-state index in [1.54, 1.807) is 0 Å². The molecule has 0 saturated heterocycles. The minimum atomic E-state index is -0.216. The van der Waals surface area contributed by atoms with Crippen LogP contribution in [0.25, 0.3) is 11.0 Å². The molecule has 0 aliphatic heterocycles. The van der Waals surface area contributed by atoms with E-state index in [2.05, 4.69) is 36.3 Å². The van der Waals surface area contributed by atoms with Gasteiger partial charge in [0.2, 0.25) is 0 Å². The molecule has 1 aliphatic rings. The molecule has 4 rings (SSSR count). The normalized spacial score (nSPS) is 14.5. The SMILES string of the molecule is Cc1nn(C(C)(C)C)c2nc(C3CC3)cc(C(=O)NCCc3n[nH]c(=S)n3C)c12. The number of nitrogens with one attached hydrogen (secondary N) is 2. The Morgan fingerprint density at radius 1 is 1.38 bits per heavy atom. The summed E-state index contributed by atoms with van der Waals surface area (Å²) < 4.78 is 4.32. The first-order valence-corrected chi connectivity index (χ1v) is 10.4. The highest BCUT2D eigenvalue weighted by molar-refractivity contribution is 7.71. The number of hydrogen-bond acceptors (Lipinski definition) is 5. The molecule has 29 heavy (non-hydrogen) atoms. The fourth-order valence-electron chi connectivity index (χ4n) is 3.53. The van der Waals surface area contributed by atoms with Gasteiger partial charge in [-0.05, 0) is 58.8 Å². The standard InChI is InChI=1S/C20H27N7OS/c1-11-16-13(18(28)21-9-8-15-23-24-19(29)26(15)5)10-14(12-6-7-12)22-17(16)27(25-11)20(2,3)4/h10,12H,6-9H2,1-5H3,(H,21,28)(H,24,29). The zero-order chi connectivity index (χ0) is 20.9. The summed E-state index contributed by atoms with van der Waals surface area (Å²) in [5.41, 5.74) is 3.04. The van der Waals surface area contributed by atoms with E-state index < -0.39 is 0 Å². The number of aryl methyl sites for hydroxylation is 1. The number of pyridine rings is 1. The molecule has 2 N–H and O–H groups in total. The van der Waals surface area contributed by atoms with Gasteiger partial charge in [0.15, 0.2) is 10.4 Å². The molecule has 0 spiro atoms. The van der Waals surface area contributed by atoms with E-state index in [4.69, 9.17) is 22.3 Å². The molecule has 0 radical (unpaired) electrons. The van der Waals surface area contributed by atoms with Crippen molar-refractivity contribution >= 4 is 29.2 Å². The number of nitrogens with zero attached hydrogens (tertiary/aromatic N) is 5. The molecule has 0 atom stereocenters. The van der Waals surface area contributed by atoms with Crippen molar-refractivity contribution in [2.24, 2.45) is 7.05 Å². The number of hydrogen-bond donors (Lipinski definition) is 2. The van der Waals surface area contributed by atoms with Gasteiger partial charge < -0.3 is 9.88 Å².